The van der Waals surface area contributed by atoms with E-state index in [4.69, 9.17) is 0 Å². The molecular weight excluding hydrogens is 272 g/mol. The van der Waals surface area contributed by atoms with Crippen molar-refractivity contribution in [2.75, 3.05) is 26.2 Å². The Morgan fingerprint density at radius 1 is 1.19 bits per heavy atom. The zero-order valence-electron chi connectivity index (χ0n) is 9.32. The second-order valence-electron chi connectivity index (χ2n) is 4.48. The number of nitrogens with zero attached hydrogens (tertiary/aromatic N) is 2. The Labute approximate surface area is 104 Å². The third-order valence-electron chi connectivity index (χ3n) is 3.19. The molecule has 0 bridgehead atoms. The number of alkyl halides is 1. The van der Waals surface area contributed by atoms with Gasteiger partial charge in [-0.05, 0) is 12.8 Å². The Morgan fingerprint density at radius 3 is 2.50 bits per heavy atom. The van der Waals surface area contributed by atoms with E-state index in [1.165, 1.54) is 0 Å². The van der Waals surface area contributed by atoms with Gasteiger partial charge in [-0.15, -0.1) is 0 Å². The van der Waals surface area contributed by atoms with Crippen LogP contribution in [0.15, 0.2) is 0 Å². The predicted octanol–water partition coefficient (Wildman–Crippen LogP) is 0.995. The topological polar surface area (TPSA) is 40.6 Å². The van der Waals surface area contributed by atoms with Gasteiger partial charge in [-0.2, -0.15) is 0 Å². The van der Waals surface area contributed by atoms with Crippen LogP contribution in [0.3, 0.4) is 0 Å². The third kappa shape index (κ3) is 2.75. The molecule has 1 atom stereocenters. The molecule has 0 aromatic heterocycles. The number of likely N-dealkylation sites (tertiary alicyclic amines) is 2. The largest absolute Gasteiger partial charge is 0.343 e. The molecule has 2 fully saturated rings. The van der Waals surface area contributed by atoms with E-state index in [1.807, 2.05) is 9.80 Å². The molecule has 0 saturated carbocycles. The average Bonchev–Trinajstić information content (AvgIpc) is 2.75. The van der Waals surface area contributed by atoms with Gasteiger partial charge >= 0.3 is 0 Å². The first-order chi connectivity index (χ1) is 7.66. The van der Waals surface area contributed by atoms with E-state index in [-0.39, 0.29) is 11.8 Å². The zero-order chi connectivity index (χ0) is 11.5. The first-order valence-corrected chi connectivity index (χ1v) is 6.78. The molecule has 0 spiro atoms. The van der Waals surface area contributed by atoms with Gasteiger partial charge in [-0.3, -0.25) is 9.59 Å². The highest BCUT2D eigenvalue weighted by molar-refractivity contribution is 9.09. The lowest BCUT2D eigenvalue weighted by molar-refractivity contribution is -0.128. The fourth-order valence-electron chi connectivity index (χ4n) is 2.33. The molecule has 90 valence electrons. The van der Waals surface area contributed by atoms with Crippen LogP contribution >= 0.6 is 15.9 Å². The molecule has 4 nitrogen and oxygen atoms in total. The van der Waals surface area contributed by atoms with Crippen LogP contribution in [0.25, 0.3) is 0 Å². The van der Waals surface area contributed by atoms with Crippen LogP contribution in [-0.2, 0) is 9.59 Å². The summed E-state index contributed by atoms with van der Waals surface area (Å²) in [4.78, 5) is 27.0. The molecular formula is C11H17BrN2O2. The van der Waals surface area contributed by atoms with E-state index < -0.39 is 0 Å². The maximum atomic E-state index is 11.5. The minimum absolute atomic E-state index is 0.231. The second-order valence-corrected chi connectivity index (χ2v) is 5.77. The molecule has 0 aliphatic carbocycles. The van der Waals surface area contributed by atoms with Gasteiger partial charge in [0.1, 0.15) is 0 Å². The fourth-order valence-corrected chi connectivity index (χ4v) is 2.96. The molecule has 0 aromatic carbocycles. The lowest BCUT2D eigenvalue weighted by atomic mass is 10.3. The van der Waals surface area contributed by atoms with Gasteiger partial charge in [-0.25, -0.2) is 0 Å². The van der Waals surface area contributed by atoms with Crippen molar-refractivity contribution in [3.05, 3.63) is 0 Å². The maximum absolute atomic E-state index is 11.5. The number of halogens is 1. The van der Waals surface area contributed by atoms with Gasteiger partial charge in [0, 0.05) is 43.8 Å². The third-order valence-corrected chi connectivity index (χ3v) is 3.81. The van der Waals surface area contributed by atoms with E-state index in [0.29, 0.717) is 17.7 Å². The van der Waals surface area contributed by atoms with Crippen LogP contribution in [0.2, 0.25) is 0 Å². The van der Waals surface area contributed by atoms with E-state index in [9.17, 15) is 9.59 Å². The molecule has 2 saturated heterocycles. The fraction of sp³-hybridized carbons (Fsp3) is 0.818. The van der Waals surface area contributed by atoms with Gasteiger partial charge in [0.15, 0.2) is 0 Å². The molecule has 2 aliphatic heterocycles. The highest BCUT2D eigenvalue weighted by atomic mass is 79.9. The quantitative estimate of drug-likeness (QED) is 0.724. The summed E-state index contributed by atoms with van der Waals surface area (Å²) >= 11 is 3.46. The monoisotopic (exact) mass is 288 g/mol. The predicted molar refractivity (Wildman–Crippen MR) is 64.3 cm³/mol. The van der Waals surface area contributed by atoms with Crippen molar-refractivity contribution < 1.29 is 9.59 Å². The van der Waals surface area contributed by atoms with E-state index in [1.54, 1.807) is 0 Å². The summed E-state index contributed by atoms with van der Waals surface area (Å²) < 4.78 is 0. The van der Waals surface area contributed by atoms with Gasteiger partial charge in [0.05, 0.1) is 0 Å². The lowest BCUT2D eigenvalue weighted by Crippen LogP contribution is -2.31. The number of rotatable bonds is 4. The number of carbonyl (C=O) groups is 2. The first-order valence-electron chi connectivity index (χ1n) is 5.86. The number of carbonyl (C=O) groups excluding carboxylic acids is 2. The van der Waals surface area contributed by atoms with E-state index >= 15 is 0 Å². The number of hydrogen-bond acceptors (Lipinski definition) is 2. The normalized spacial score (nSPS) is 25.9. The van der Waals surface area contributed by atoms with Crippen LogP contribution in [0.5, 0.6) is 0 Å². The van der Waals surface area contributed by atoms with Crippen LogP contribution in [-0.4, -0.2) is 52.6 Å². The Morgan fingerprint density at radius 2 is 1.94 bits per heavy atom. The smallest absolute Gasteiger partial charge is 0.223 e. The number of hydrogen-bond donors (Lipinski definition) is 0. The summed E-state index contributed by atoms with van der Waals surface area (Å²) in [6, 6.07) is 0. The lowest BCUT2D eigenvalue weighted by Gasteiger charge is -2.19. The number of amides is 2. The van der Waals surface area contributed by atoms with E-state index in [2.05, 4.69) is 15.9 Å². The maximum Gasteiger partial charge on any atom is 0.223 e. The molecule has 0 radical (unpaired) electrons. The Kier molecular flexibility index (Phi) is 3.84. The summed E-state index contributed by atoms with van der Waals surface area (Å²) in [6.45, 7) is 3.29. The second kappa shape index (κ2) is 5.17. The Bertz CT molecular complexity index is 296. The summed E-state index contributed by atoms with van der Waals surface area (Å²) in [6.07, 6.45) is 3.21. The molecule has 2 amide bonds. The van der Waals surface area contributed by atoms with Crippen molar-refractivity contribution in [2.24, 2.45) is 0 Å². The summed E-state index contributed by atoms with van der Waals surface area (Å²) in [5.74, 6) is 0.501. The van der Waals surface area contributed by atoms with Gasteiger partial charge < -0.3 is 9.80 Å². The molecule has 1 unspecified atom stereocenters. The molecule has 2 aliphatic rings. The van der Waals surface area contributed by atoms with Crippen molar-refractivity contribution in [1.82, 2.24) is 9.80 Å². The van der Waals surface area contributed by atoms with Crippen LogP contribution in [0.1, 0.15) is 25.7 Å². The SMILES string of the molecule is O=C1CCCN1CCCN1CC(Br)CC1=O. The van der Waals surface area contributed by atoms with Crippen molar-refractivity contribution in [3.63, 3.8) is 0 Å². The highest BCUT2D eigenvalue weighted by Crippen LogP contribution is 2.18. The van der Waals surface area contributed by atoms with Crippen molar-refractivity contribution in [1.29, 1.82) is 0 Å². The summed E-state index contributed by atoms with van der Waals surface area (Å²) in [5.41, 5.74) is 0. The van der Waals surface area contributed by atoms with Gasteiger partial charge in [-0.1, -0.05) is 15.9 Å². The van der Waals surface area contributed by atoms with Crippen molar-refractivity contribution in [3.8, 4) is 0 Å². The Balaban J connectivity index is 1.68. The molecule has 2 rings (SSSR count). The molecule has 0 aromatic rings. The van der Waals surface area contributed by atoms with Crippen LogP contribution in [0.4, 0.5) is 0 Å². The highest BCUT2D eigenvalue weighted by Gasteiger charge is 2.27. The van der Waals surface area contributed by atoms with Crippen LogP contribution < -0.4 is 0 Å². The molecule has 16 heavy (non-hydrogen) atoms. The molecule has 2 heterocycles. The minimum atomic E-state index is 0.231. The molecule has 5 heteroatoms. The minimum Gasteiger partial charge on any atom is -0.343 e. The molecule has 0 N–H and O–H groups in total. The van der Waals surface area contributed by atoms with Crippen molar-refractivity contribution >= 4 is 27.7 Å². The van der Waals surface area contributed by atoms with Gasteiger partial charge in [0.2, 0.25) is 11.8 Å². The van der Waals surface area contributed by atoms with Crippen LogP contribution in [0, 0.1) is 0 Å². The first kappa shape index (κ1) is 11.9. The summed E-state index contributed by atoms with van der Waals surface area (Å²) in [7, 11) is 0. The summed E-state index contributed by atoms with van der Waals surface area (Å²) in [5, 5.41) is 0. The Hall–Kier alpha value is -0.580. The van der Waals surface area contributed by atoms with E-state index in [0.717, 1.165) is 39.0 Å². The average molecular weight is 289 g/mol. The van der Waals surface area contributed by atoms with Gasteiger partial charge in [0.25, 0.3) is 0 Å². The zero-order valence-corrected chi connectivity index (χ0v) is 10.9. The standard InChI is InChI=1S/C11H17BrN2O2/c12-9-7-11(16)14(8-9)6-2-5-13-4-1-3-10(13)15/h9H,1-8H2. The van der Waals surface area contributed by atoms with Crippen molar-refractivity contribution in [2.45, 2.75) is 30.5 Å².